The molecule has 3 rings (SSSR count). The van der Waals surface area contributed by atoms with Crippen LogP contribution >= 0.6 is 0 Å². The number of aromatic nitrogens is 1. The average Bonchev–Trinajstić information content (AvgIpc) is 2.61. The molecule has 1 fully saturated rings. The van der Waals surface area contributed by atoms with Gasteiger partial charge in [-0.25, -0.2) is 12.8 Å². The Morgan fingerprint density at radius 2 is 2.00 bits per heavy atom. The Morgan fingerprint density at radius 3 is 2.62 bits per heavy atom. The standard InChI is InChI=1S/C16H15F4N3O2S/c17-14-8-12(3-4-13(14)16(18,19)20)26(24,25)23-7-6-22-10-15(23)11-2-1-5-21-9-11/h1-5,8-9,15,22H,6-7,10H2. The largest absolute Gasteiger partial charge is 0.419 e. The highest BCUT2D eigenvalue weighted by Crippen LogP contribution is 2.34. The summed E-state index contributed by atoms with van der Waals surface area (Å²) in [6.07, 6.45) is -1.82. The maximum Gasteiger partial charge on any atom is 0.419 e. The van der Waals surface area contributed by atoms with Gasteiger partial charge in [-0.3, -0.25) is 4.98 Å². The van der Waals surface area contributed by atoms with E-state index in [1.807, 2.05) is 0 Å². The number of benzene rings is 1. The molecule has 26 heavy (non-hydrogen) atoms. The zero-order valence-corrected chi connectivity index (χ0v) is 14.2. The molecule has 1 saturated heterocycles. The second-order valence-corrected chi connectivity index (χ2v) is 7.65. The van der Waals surface area contributed by atoms with Crippen LogP contribution < -0.4 is 5.32 Å². The highest BCUT2D eigenvalue weighted by atomic mass is 32.2. The van der Waals surface area contributed by atoms with E-state index in [4.69, 9.17) is 0 Å². The van der Waals surface area contributed by atoms with Gasteiger partial charge < -0.3 is 5.32 Å². The third kappa shape index (κ3) is 3.57. The topological polar surface area (TPSA) is 62.3 Å². The number of hydrogen-bond acceptors (Lipinski definition) is 4. The molecule has 1 N–H and O–H groups in total. The minimum Gasteiger partial charge on any atom is -0.313 e. The maximum atomic E-state index is 13.8. The van der Waals surface area contributed by atoms with Crippen LogP contribution in [0.1, 0.15) is 17.2 Å². The monoisotopic (exact) mass is 389 g/mol. The van der Waals surface area contributed by atoms with Gasteiger partial charge in [0.25, 0.3) is 0 Å². The van der Waals surface area contributed by atoms with Crippen LogP contribution in [0.4, 0.5) is 17.6 Å². The molecule has 1 aromatic heterocycles. The molecule has 1 aromatic carbocycles. The van der Waals surface area contributed by atoms with Gasteiger partial charge in [-0.1, -0.05) is 6.07 Å². The number of alkyl halides is 3. The van der Waals surface area contributed by atoms with E-state index < -0.39 is 38.5 Å². The van der Waals surface area contributed by atoms with Crippen LogP contribution in [-0.4, -0.2) is 37.3 Å². The molecular weight excluding hydrogens is 374 g/mol. The Kier molecular flexibility index (Phi) is 5.00. The highest BCUT2D eigenvalue weighted by molar-refractivity contribution is 7.89. The molecule has 2 aromatic rings. The summed E-state index contributed by atoms with van der Waals surface area (Å²) in [6.45, 7) is 0.789. The normalized spacial score (nSPS) is 19.5. The second-order valence-electron chi connectivity index (χ2n) is 5.76. The molecular formula is C16H15F4N3O2S. The molecule has 1 atom stereocenters. The van der Waals surface area contributed by atoms with Crippen molar-refractivity contribution in [2.75, 3.05) is 19.6 Å². The smallest absolute Gasteiger partial charge is 0.313 e. The van der Waals surface area contributed by atoms with Crippen LogP contribution in [-0.2, 0) is 16.2 Å². The van der Waals surface area contributed by atoms with Gasteiger partial charge in [0, 0.05) is 32.0 Å². The zero-order chi connectivity index (χ0) is 18.9. The van der Waals surface area contributed by atoms with Crippen LogP contribution in [0.15, 0.2) is 47.6 Å². The van der Waals surface area contributed by atoms with Crippen molar-refractivity contribution < 1.29 is 26.0 Å². The first-order chi connectivity index (χ1) is 12.2. The van der Waals surface area contributed by atoms with E-state index in [1.54, 1.807) is 18.3 Å². The first kappa shape index (κ1) is 18.7. The Hall–Kier alpha value is -2.04. The molecule has 140 valence electrons. The number of halogens is 4. The Balaban J connectivity index is 1.99. The first-order valence-electron chi connectivity index (χ1n) is 7.70. The van der Waals surface area contributed by atoms with Gasteiger partial charge in [-0.2, -0.15) is 17.5 Å². The SMILES string of the molecule is O=S(=O)(c1ccc(C(F)(F)F)c(F)c1)N1CCNCC1c1cccnc1. The van der Waals surface area contributed by atoms with Crippen molar-refractivity contribution in [2.45, 2.75) is 17.1 Å². The van der Waals surface area contributed by atoms with Gasteiger partial charge in [0.1, 0.15) is 5.82 Å². The van der Waals surface area contributed by atoms with Crippen LogP contribution in [0.5, 0.6) is 0 Å². The van der Waals surface area contributed by atoms with Crippen molar-refractivity contribution in [1.29, 1.82) is 0 Å². The van der Waals surface area contributed by atoms with E-state index in [1.165, 1.54) is 6.20 Å². The minimum atomic E-state index is -4.89. The van der Waals surface area contributed by atoms with E-state index in [-0.39, 0.29) is 6.54 Å². The lowest BCUT2D eigenvalue weighted by Crippen LogP contribution is -2.48. The lowest BCUT2D eigenvalue weighted by Gasteiger charge is -2.35. The summed E-state index contributed by atoms with van der Waals surface area (Å²) >= 11 is 0. The number of piperazine rings is 1. The molecule has 1 aliphatic rings. The molecule has 0 saturated carbocycles. The molecule has 0 amide bonds. The van der Waals surface area contributed by atoms with E-state index in [0.29, 0.717) is 30.8 Å². The molecule has 0 bridgehead atoms. The van der Waals surface area contributed by atoms with Gasteiger partial charge >= 0.3 is 6.18 Å². The van der Waals surface area contributed by atoms with E-state index >= 15 is 0 Å². The lowest BCUT2D eigenvalue weighted by atomic mass is 10.1. The summed E-state index contributed by atoms with van der Waals surface area (Å²) in [5, 5.41) is 3.07. The molecule has 5 nitrogen and oxygen atoms in total. The fraction of sp³-hybridized carbons (Fsp3) is 0.312. The zero-order valence-electron chi connectivity index (χ0n) is 13.4. The Bertz CT molecular complexity index is 888. The molecule has 0 radical (unpaired) electrons. The van der Waals surface area contributed by atoms with Crippen molar-refractivity contribution >= 4 is 10.0 Å². The third-order valence-electron chi connectivity index (χ3n) is 4.12. The van der Waals surface area contributed by atoms with Crippen LogP contribution in [0, 0.1) is 5.82 Å². The Morgan fingerprint density at radius 1 is 1.23 bits per heavy atom. The van der Waals surface area contributed by atoms with Crippen LogP contribution in [0.3, 0.4) is 0 Å². The maximum absolute atomic E-state index is 13.8. The summed E-state index contributed by atoms with van der Waals surface area (Å²) in [4.78, 5) is 3.45. The molecule has 2 heterocycles. The van der Waals surface area contributed by atoms with Gasteiger partial charge in [-0.15, -0.1) is 0 Å². The number of sulfonamides is 1. The van der Waals surface area contributed by atoms with Crippen LogP contribution in [0.2, 0.25) is 0 Å². The fourth-order valence-corrected chi connectivity index (χ4v) is 4.48. The number of nitrogens with one attached hydrogen (secondary N) is 1. The third-order valence-corrected chi connectivity index (χ3v) is 6.02. The highest BCUT2D eigenvalue weighted by Gasteiger charge is 2.37. The minimum absolute atomic E-state index is 0.102. The number of pyridine rings is 1. The van der Waals surface area contributed by atoms with Crippen molar-refractivity contribution in [3.63, 3.8) is 0 Å². The number of hydrogen-bond donors (Lipinski definition) is 1. The quantitative estimate of drug-likeness (QED) is 0.820. The van der Waals surface area contributed by atoms with Crippen molar-refractivity contribution in [2.24, 2.45) is 0 Å². The predicted octanol–water partition coefficient (Wildman–Crippen LogP) is 2.57. The van der Waals surface area contributed by atoms with E-state index in [9.17, 15) is 26.0 Å². The predicted molar refractivity (Wildman–Crippen MR) is 85.1 cm³/mol. The summed E-state index contributed by atoms with van der Waals surface area (Å²) in [6, 6.07) is 4.42. The Labute approximate surface area is 147 Å². The van der Waals surface area contributed by atoms with E-state index in [0.717, 1.165) is 10.4 Å². The first-order valence-corrected chi connectivity index (χ1v) is 9.14. The lowest BCUT2D eigenvalue weighted by molar-refractivity contribution is -0.140. The fourth-order valence-electron chi connectivity index (χ4n) is 2.85. The summed E-state index contributed by atoms with van der Waals surface area (Å²) in [5.74, 6) is -1.62. The summed E-state index contributed by atoms with van der Waals surface area (Å²) < 4.78 is 78.9. The molecule has 10 heteroatoms. The van der Waals surface area contributed by atoms with Gasteiger partial charge in [0.15, 0.2) is 0 Å². The summed E-state index contributed by atoms with van der Waals surface area (Å²) in [5.41, 5.74) is -0.865. The number of rotatable bonds is 3. The summed E-state index contributed by atoms with van der Waals surface area (Å²) in [7, 11) is -4.19. The molecule has 1 unspecified atom stereocenters. The van der Waals surface area contributed by atoms with Crippen molar-refractivity contribution in [1.82, 2.24) is 14.6 Å². The average molecular weight is 389 g/mol. The number of nitrogens with zero attached hydrogens (tertiary/aromatic N) is 2. The van der Waals surface area contributed by atoms with Crippen molar-refractivity contribution in [3.05, 3.63) is 59.7 Å². The second kappa shape index (κ2) is 6.93. The van der Waals surface area contributed by atoms with Crippen molar-refractivity contribution in [3.8, 4) is 0 Å². The van der Waals surface area contributed by atoms with Gasteiger partial charge in [-0.05, 0) is 29.8 Å². The van der Waals surface area contributed by atoms with E-state index in [2.05, 4.69) is 10.3 Å². The van der Waals surface area contributed by atoms with Gasteiger partial charge in [0.05, 0.1) is 16.5 Å². The van der Waals surface area contributed by atoms with Gasteiger partial charge in [0.2, 0.25) is 10.0 Å². The molecule has 1 aliphatic heterocycles. The van der Waals surface area contributed by atoms with Crippen LogP contribution in [0.25, 0.3) is 0 Å². The molecule has 0 aliphatic carbocycles. The molecule has 0 spiro atoms.